The van der Waals surface area contributed by atoms with Gasteiger partial charge in [0, 0.05) is 25.7 Å². The Kier molecular flexibility index (Phi) is 5.74. The van der Waals surface area contributed by atoms with E-state index in [0.717, 1.165) is 36.4 Å². The molecular formula is C19H27N3OS. The molecule has 0 aliphatic carbocycles. The minimum absolute atomic E-state index is 0.598. The smallest absolute Gasteiger partial charge is 0.166 e. The highest BCUT2D eigenvalue weighted by molar-refractivity contribution is 7.80. The molecule has 130 valence electrons. The number of piperidine rings is 3. The van der Waals surface area contributed by atoms with Crippen LogP contribution in [0.15, 0.2) is 36.9 Å². The Hall–Kier alpha value is -1.59. The lowest BCUT2D eigenvalue weighted by molar-refractivity contribution is 0.0215. The van der Waals surface area contributed by atoms with Gasteiger partial charge in [-0.05, 0) is 61.1 Å². The van der Waals surface area contributed by atoms with E-state index in [2.05, 4.69) is 40.3 Å². The highest BCUT2D eigenvalue weighted by Gasteiger charge is 2.38. The molecule has 2 N–H and O–H groups in total. The zero-order valence-corrected chi connectivity index (χ0v) is 15.1. The average molecular weight is 346 g/mol. The van der Waals surface area contributed by atoms with E-state index in [1.165, 1.54) is 24.9 Å². The van der Waals surface area contributed by atoms with Crippen molar-refractivity contribution < 1.29 is 4.74 Å². The zero-order chi connectivity index (χ0) is 16.9. The number of nitrogens with one attached hydrogen (secondary N) is 2. The third-order valence-corrected chi connectivity index (χ3v) is 5.63. The van der Waals surface area contributed by atoms with Crippen LogP contribution in [0.25, 0.3) is 0 Å². The van der Waals surface area contributed by atoms with Crippen molar-refractivity contribution in [3.63, 3.8) is 0 Å². The van der Waals surface area contributed by atoms with Crippen LogP contribution in [0.5, 0.6) is 5.75 Å². The summed E-state index contributed by atoms with van der Waals surface area (Å²) in [5.41, 5.74) is 1.19. The number of hydrogen-bond donors (Lipinski definition) is 2. The maximum atomic E-state index is 5.42. The molecular weight excluding hydrogens is 318 g/mol. The van der Waals surface area contributed by atoms with Crippen molar-refractivity contribution in [3.05, 3.63) is 42.5 Å². The van der Waals surface area contributed by atoms with Crippen molar-refractivity contribution in [2.45, 2.75) is 25.4 Å². The Bertz CT molecular complexity index is 574. The lowest BCUT2D eigenvalue weighted by Crippen LogP contribution is -2.56. The van der Waals surface area contributed by atoms with Crippen LogP contribution in [0.4, 0.5) is 0 Å². The summed E-state index contributed by atoms with van der Waals surface area (Å²) in [6, 6.07) is 8.64. The van der Waals surface area contributed by atoms with Crippen LogP contribution in [0, 0.1) is 11.8 Å². The summed E-state index contributed by atoms with van der Waals surface area (Å²) in [4.78, 5) is 2.59. The van der Waals surface area contributed by atoms with E-state index in [0.29, 0.717) is 12.0 Å². The van der Waals surface area contributed by atoms with Crippen molar-refractivity contribution in [1.29, 1.82) is 0 Å². The summed E-state index contributed by atoms with van der Waals surface area (Å²) < 4.78 is 5.17. The number of nitrogens with zero attached hydrogens (tertiary/aromatic N) is 1. The Morgan fingerprint density at radius 3 is 2.79 bits per heavy atom. The van der Waals surface area contributed by atoms with Crippen LogP contribution in [0.3, 0.4) is 0 Å². The first-order valence-electron chi connectivity index (χ1n) is 8.71. The fraction of sp³-hybridized carbons (Fsp3) is 0.526. The van der Waals surface area contributed by atoms with Crippen LogP contribution in [0.2, 0.25) is 0 Å². The summed E-state index contributed by atoms with van der Waals surface area (Å²) in [7, 11) is 1.68. The van der Waals surface area contributed by atoms with Crippen LogP contribution in [0.1, 0.15) is 18.4 Å². The molecule has 3 aliphatic heterocycles. The minimum Gasteiger partial charge on any atom is -0.497 e. The molecule has 3 fully saturated rings. The Labute approximate surface area is 150 Å². The molecule has 4 rings (SSSR count). The molecule has 0 spiro atoms. The molecule has 24 heavy (non-hydrogen) atoms. The van der Waals surface area contributed by atoms with Gasteiger partial charge in [0.1, 0.15) is 5.75 Å². The van der Waals surface area contributed by atoms with Gasteiger partial charge < -0.3 is 15.4 Å². The highest BCUT2D eigenvalue weighted by atomic mass is 32.1. The molecule has 5 heteroatoms. The molecule has 2 bridgehead atoms. The Morgan fingerprint density at radius 2 is 2.17 bits per heavy atom. The van der Waals surface area contributed by atoms with E-state index in [-0.39, 0.29) is 0 Å². The summed E-state index contributed by atoms with van der Waals surface area (Å²) >= 11 is 5.42. The van der Waals surface area contributed by atoms with E-state index in [9.17, 15) is 0 Å². The fourth-order valence-corrected chi connectivity index (χ4v) is 4.01. The van der Waals surface area contributed by atoms with Gasteiger partial charge >= 0.3 is 0 Å². The first kappa shape index (κ1) is 17.2. The molecule has 3 aliphatic rings. The largest absolute Gasteiger partial charge is 0.497 e. The van der Waals surface area contributed by atoms with E-state index >= 15 is 0 Å². The molecule has 0 aromatic heterocycles. The zero-order valence-electron chi connectivity index (χ0n) is 14.3. The van der Waals surface area contributed by atoms with Gasteiger partial charge in [-0.15, -0.1) is 6.58 Å². The predicted octanol–water partition coefficient (Wildman–Crippen LogP) is 2.56. The van der Waals surface area contributed by atoms with E-state index < -0.39 is 0 Å². The average Bonchev–Trinajstić information content (AvgIpc) is 2.65. The Morgan fingerprint density at radius 1 is 1.38 bits per heavy atom. The van der Waals surface area contributed by atoms with Gasteiger partial charge in [0.05, 0.1) is 7.11 Å². The van der Waals surface area contributed by atoms with Crippen LogP contribution in [-0.2, 0) is 6.54 Å². The molecule has 4 nitrogen and oxygen atoms in total. The van der Waals surface area contributed by atoms with Gasteiger partial charge in [-0.2, -0.15) is 0 Å². The fourth-order valence-electron chi connectivity index (χ4n) is 3.86. The number of ether oxygens (including phenoxy) is 1. The van der Waals surface area contributed by atoms with Crippen LogP contribution in [-0.4, -0.2) is 42.8 Å². The number of rotatable bonds is 6. The normalized spacial score (nSPS) is 28.2. The van der Waals surface area contributed by atoms with Gasteiger partial charge in [-0.3, -0.25) is 4.90 Å². The molecule has 3 heterocycles. The van der Waals surface area contributed by atoms with Gasteiger partial charge in [0.15, 0.2) is 5.11 Å². The third kappa shape index (κ3) is 4.08. The maximum absolute atomic E-state index is 5.42. The molecule has 0 saturated carbocycles. The highest BCUT2D eigenvalue weighted by Crippen LogP contribution is 2.36. The van der Waals surface area contributed by atoms with E-state index in [4.69, 9.17) is 17.0 Å². The molecule has 4 atom stereocenters. The van der Waals surface area contributed by atoms with Gasteiger partial charge in [0.2, 0.25) is 0 Å². The third-order valence-electron chi connectivity index (χ3n) is 5.34. The second kappa shape index (κ2) is 7.99. The van der Waals surface area contributed by atoms with E-state index in [1.807, 2.05) is 12.1 Å². The first-order chi connectivity index (χ1) is 11.7. The molecule has 3 saturated heterocycles. The number of benzene rings is 1. The standard InChI is InChI=1S/C19H27N3OS/c1-3-15-13-22-9-8-16(15)10-17(22)12-21-19(24)20-11-14-4-6-18(23-2)7-5-14/h3-7,15-17H,1,8-13H2,2H3,(H2,20,21,24)/t15-,16-,17+/m0/s1. The first-order valence-corrected chi connectivity index (χ1v) is 9.11. The summed E-state index contributed by atoms with van der Waals surface area (Å²) in [5.74, 6) is 2.36. The Balaban J connectivity index is 1.40. The van der Waals surface area contributed by atoms with Crippen molar-refractivity contribution in [2.24, 2.45) is 11.8 Å². The van der Waals surface area contributed by atoms with Crippen LogP contribution >= 0.6 is 12.2 Å². The molecule has 0 radical (unpaired) electrons. The summed E-state index contributed by atoms with van der Waals surface area (Å²) in [5, 5.41) is 7.41. The second-order valence-corrected chi connectivity index (χ2v) is 7.15. The molecule has 0 amide bonds. The van der Waals surface area contributed by atoms with Crippen molar-refractivity contribution in [2.75, 3.05) is 26.7 Å². The van der Waals surface area contributed by atoms with Gasteiger partial charge in [-0.25, -0.2) is 0 Å². The summed E-state index contributed by atoms with van der Waals surface area (Å²) in [6.45, 7) is 8.01. The van der Waals surface area contributed by atoms with Gasteiger partial charge in [0.25, 0.3) is 0 Å². The lowest BCUT2D eigenvalue weighted by Gasteiger charge is -2.49. The number of hydrogen-bond acceptors (Lipinski definition) is 3. The van der Waals surface area contributed by atoms with Gasteiger partial charge in [-0.1, -0.05) is 18.2 Å². The molecule has 1 aromatic rings. The minimum atomic E-state index is 0.598. The molecule has 1 unspecified atom stereocenters. The van der Waals surface area contributed by atoms with Crippen molar-refractivity contribution >= 4 is 17.3 Å². The van der Waals surface area contributed by atoms with Crippen LogP contribution < -0.4 is 15.4 Å². The quantitative estimate of drug-likeness (QED) is 0.612. The van der Waals surface area contributed by atoms with Crippen molar-refractivity contribution in [1.82, 2.24) is 15.5 Å². The monoisotopic (exact) mass is 345 g/mol. The van der Waals surface area contributed by atoms with E-state index in [1.54, 1.807) is 7.11 Å². The SMILES string of the molecule is C=C[C@H]1CN2CC[C@H]1C[C@@H]2CNC(=S)NCc1ccc(OC)cc1. The number of fused-ring (bicyclic) bond motifs is 3. The lowest BCUT2D eigenvalue weighted by atomic mass is 9.76. The summed E-state index contributed by atoms with van der Waals surface area (Å²) in [6.07, 6.45) is 4.71. The molecule has 1 aromatic carbocycles. The second-order valence-electron chi connectivity index (χ2n) is 6.74. The van der Waals surface area contributed by atoms with Crippen molar-refractivity contribution in [3.8, 4) is 5.75 Å². The maximum Gasteiger partial charge on any atom is 0.166 e. The number of methoxy groups -OCH3 is 1. The number of thiocarbonyl (C=S) groups is 1. The predicted molar refractivity (Wildman–Crippen MR) is 102 cm³/mol. The topological polar surface area (TPSA) is 36.5 Å².